The summed E-state index contributed by atoms with van der Waals surface area (Å²) >= 11 is 1.18. The van der Waals surface area contributed by atoms with Gasteiger partial charge < -0.3 is 5.32 Å². The van der Waals surface area contributed by atoms with Crippen molar-refractivity contribution in [2.45, 2.75) is 18.2 Å². The molecule has 0 aromatic heterocycles. The minimum Gasteiger partial charge on any atom is -0.347 e. The summed E-state index contributed by atoms with van der Waals surface area (Å²) in [6.45, 7) is 0.251. The fourth-order valence-corrected chi connectivity index (χ4v) is 4.82. The first kappa shape index (κ1) is 22.3. The lowest BCUT2D eigenvalue weighted by atomic mass is 10.1. The largest absolute Gasteiger partial charge is 0.347 e. The number of benzene rings is 3. The van der Waals surface area contributed by atoms with Crippen LogP contribution in [-0.4, -0.2) is 17.1 Å². The molecule has 0 radical (unpaired) electrons. The van der Waals surface area contributed by atoms with E-state index in [1.165, 1.54) is 40.9 Å². The van der Waals surface area contributed by atoms with Gasteiger partial charge in [0.25, 0.3) is 5.91 Å². The number of halogens is 1. The van der Waals surface area contributed by atoms with Crippen molar-refractivity contribution in [1.29, 1.82) is 5.26 Å². The topological polar surface area (TPSA) is 73.2 Å². The summed E-state index contributed by atoms with van der Waals surface area (Å²) in [4.78, 5) is 27.6. The summed E-state index contributed by atoms with van der Waals surface area (Å²) in [7, 11) is 0. The molecule has 1 atom stereocenters. The molecule has 5 nitrogen and oxygen atoms in total. The van der Waals surface area contributed by atoms with Crippen LogP contribution >= 0.6 is 11.8 Å². The lowest BCUT2D eigenvalue weighted by Crippen LogP contribution is -2.32. The highest BCUT2D eigenvalue weighted by molar-refractivity contribution is 8.05. The van der Waals surface area contributed by atoms with Crippen molar-refractivity contribution in [3.05, 3.63) is 112 Å². The Balaban J connectivity index is 1.67. The van der Waals surface area contributed by atoms with E-state index in [4.69, 9.17) is 0 Å². The number of amides is 2. The van der Waals surface area contributed by atoms with Crippen molar-refractivity contribution < 1.29 is 14.0 Å². The highest BCUT2D eigenvalue weighted by Crippen LogP contribution is 2.41. The zero-order valence-electron chi connectivity index (χ0n) is 17.6. The van der Waals surface area contributed by atoms with E-state index in [9.17, 15) is 19.2 Å². The molecule has 3 aromatic rings. The number of carbonyl (C=O) groups excluding carboxylic acids is 2. The van der Waals surface area contributed by atoms with Gasteiger partial charge in [-0.25, -0.2) is 4.39 Å². The Hall–Kier alpha value is -3.89. The van der Waals surface area contributed by atoms with Crippen molar-refractivity contribution in [3.8, 4) is 6.07 Å². The number of nitriles is 1. The van der Waals surface area contributed by atoms with Gasteiger partial charge in [0.1, 0.15) is 22.5 Å². The van der Waals surface area contributed by atoms with Crippen LogP contribution in [0.4, 0.5) is 10.1 Å². The van der Waals surface area contributed by atoms with Crippen LogP contribution in [-0.2, 0) is 22.6 Å². The third kappa shape index (κ3) is 5.13. The number of nitrogens with zero attached hydrogens (tertiary/aromatic N) is 2. The highest BCUT2D eigenvalue weighted by Gasteiger charge is 2.40. The average Bonchev–Trinajstić information content (AvgIpc) is 3.15. The zero-order valence-corrected chi connectivity index (χ0v) is 18.4. The van der Waals surface area contributed by atoms with Gasteiger partial charge in [0.05, 0.1) is 5.25 Å². The summed E-state index contributed by atoms with van der Waals surface area (Å²) in [6.07, 6.45) is 0.440. The molecule has 164 valence electrons. The van der Waals surface area contributed by atoms with Crippen LogP contribution in [0.5, 0.6) is 0 Å². The molecule has 7 heteroatoms. The molecule has 0 spiro atoms. The van der Waals surface area contributed by atoms with Gasteiger partial charge in [0.2, 0.25) is 5.91 Å². The Morgan fingerprint density at radius 2 is 1.58 bits per heavy atom. The van der Waals surface area contributed by atoms with E-state index >= 15 is 0 Å². The summed E-state index contributed by atoms with van der Waals surface area (Å²) in [5.74, 6) is -1.26. The van der Waals surface area contributed by atoms with Gasteiger partial charge in [-0.05, 0) is 41.8 Å². The van der Waals surface area contributed by atoms with Gasteiger partial charge in [-0.15, -0.1) is 0 Å². The fourth-order valence-electron chi connectivity index (χ4n) is 3.51. The van der Waals surface area contributed by atoms with E-state index in [-0.39, 0.29) is 23.1 Å². The minimum absolute atomic E-state index is 0.149. The predicted molar refractivity (Wildman–Crippen MR) is 126 cm³/mol. The fraction of sp³-hybridized carbons (Fsp3) is 0.115. The second-order valence-corrected chi connectivity index (χ2v) is 8.60. The van der Waals surface area contributed by atoms with Crippen LogP contribution in [0, 0.1) is 17.1 Å². The Labute approximate surface area is 195 Å². The van der Waals surface area contributed by atoms with Crippen LogP contribution < -0.4 is 10.2 Å². The summed E-state index contributed by atoms with van der Waals surface area (Å²) < 4.78 is 13.5. The average molecular weight is 458 g/mol. The molecule has 1 aliphatic heterocycles. The molecular weight excluding hydrogens is 437 g/mol. The molecule has 4 rings (SSSR count). The third-order valence-corrected chi connectivity index (χ3v) is 6.41. The number of nitrogens with one attached hydrogen (secondary N) is 1. The van der Waals surface area contributed by atoms with Crippen LogP contribution in [0.3, 0.4) is 0 Å². The molecule has 1 unspecified atom stereocenters. The molecule has 3 aromatic carbocycles. The van der Waals surface area contributed by atoms with Crippen LogP contribution in [0.25, 0.3) is 0 Å². The van der Waals surface area contributed by atoms with Crippen LogP contribution in [0.15, 0.2) is 95.5 Å². The Morgan fingerprint density at radius 3 is 2.18 bits per heavy atom. The lowest BCUT2D eigenvalue weighted by Gasteiger charge is -2.18. The monoisotopic (exact) mass is 457 g/mol. The zero-order chi connectivity index (χ0) is 23.2. The van der Waals surface area contributed by atoms with Crippen molar-refractivity contribution in [2.24, 2.45) is 0 Å². The maximum atomic E-state index is 13.5. The predicted octanol–water partition coefficient (Wildman–Crippen LogP) is 4.57. The second kappa shape index (κ2) is 10.2. The van der Waals surface area contributed by atoms with Crippen LogP contribution in [0.2, 0.25) is 0 Å². The van der Waals surface area contributed by atoms with Gasteiger partial charge in [-0.2, -0.15) is 5.26 Å². The molecule has 0 saturated carbocycles. The third-order valence-electron chi connectivity index (χ3n) is 5.15. The molecule has 0 aliphatic carbocycles. The first-order valence-electron chi connectivity index (χ1n) is 10.3. The van der Waals surface area contributed by atoms with E-state index < -0.39 is 17.0 Å². The number of hydrogen-bond acceptors (Lipinski definition) is 4. The summed E-state index contributed by atoms with van der Waals surface area (Å²) in [5.41, 5.74) is 2.11. The normalized spacial score (nSPS) is 16.9. The quantitative estimate of drug-likeness (QED) is 0.435. The van der Waals surface area contributed by atoms with E-state index in [1.54, 1.807) is 0 Å². The molecule has 1 N–H and O–H groups in total. The van der Waals surface area contributed by atoms with E-state index in [1.807, 2.05) is 66.7 Å². The first-order valence-corrected chi connectivity index (χ1v) is 11.2. The number of hydrogen-bond donors (Lipinski definition) is 1. The lowest BCUT2D eigenvalue weighted by molar-refractivity contribution is -0.117. The number of thioether (sulfide) groups is 1. The smallest absolute Gasteiger partial charge is 0.264 e. The molecule has 2 amide bonds. The SMILES string of the molecule is N#CC(C(=O)NCc1ccccc1)=C1SC(Cc2ccccc2)C(=O)N1c1ccc(F)cc1. The first-order chi connectivity index (χ1) is 16.1. The maximum absolute atomic E-state index is 13.5. The van der Waals surface area contributed by atoms with Gasteiger partial charge in [0.15, 0.2) is 0 Å². The van der Waals surface area contributed by atoms with Crippen LogP contribution in [0.1, 0.15) is 11.1 Å². The maximum Gasteiger partial charge on any atom is 0.264 e. The Bertz CT molecular complexity index is 1220. The molecule has 1 heterocycles. The molecule has 33 heavy (non-hydrogen) atoms. The number of anilines is 1. The number of carbonyl (C=O) groups is 2. The summed E-state index contributed by atoms with van der Waals surface area (Å²) in [6, 6.07) is 26.3. The van der Waals surface area contributed by atoms with Gasteiger partial charge >= 0.3 is 0 Å². The van der Waals surface area contributed by atoms with E-state index in [0.29, 0.717) is 12.1 Å². The highest BCUT2D eigenvalue weighted by atomic mass is 32.2. The standard InChI is InChI=1S/C26H20FN3O2S/c27-20-11-13-21(14-12-20)30-25(32)23(15-18-7-3-1-4-8-18)33-26(30)22(16-28)24(31)29-17-19-9-5-2-6-10-19/h1-14,23H,15,17H2,(H,29,31). The number of rotatable bonds is 6. The molecule has 1 aliphatic rings. The van der Waals surface area contributed by atoms with Gasteiger partial charge in [-0.1, -0.05) is 72.4 Å². The molecular formula is C26H20FN3O2S. The molecule has 1 fully saturated rings. The van der Waals surface area contributed by atoms with Crippen molar-refractivity contribution in [2.75, 3.05) is 4.90 Å². The summed E-state index contributed by atoms with van der Waals surface area (Å²) in [5, 5.41) is 12.3. The van der Waals surface area contributed by atoms with Crippen molar-refractivity contribution in [3.63, 3.8) is 0 Å². The van der Waals surface area contributed by atoms with E-state index in [2.05, 4.69) is 5.32 Å². The molecule has 1 saturated heterocycles. The van der Waals surface area contributed by atoms with Crippen molar-refractivity contribution >= 4 is 29.3 Å². The van der Waals surface area contributed by atoms with E-state index in [0.717, 1.165) is 11.1 Å². The van der Waals surface area contributed by atoms with Gasteiger partial charge in [0, 0.05) is 12.2 Å². The molecule has 0 bridgehead atoms. The van der Waals surface area contributed by atoms with Crippen molar-refractivity contribution in [1.82, 2.24) is 5.32 Å². The Morgan fingerprint density at radius 1 is 0.970 bits per heavy atom. The Kier molecular flexibility index (Phi) is 6.86. The minimum atomic E-state index is -0.566. The van der Waals surface area contributed by atoms with Gasteiger partial charge in [-0.3, -0.25) is 14.5 Å². The second-order valence-electron chi connectivity index (χ2n) is 7.41.